The van der Waals surface area contributed by atoms with Gasteiger partial charge in [-0.3, -0.25) is 9.59 Å². The number of nitrogens with two attached hydrogens (primary N) is 2. The number of esters is 1. The highest BCUT2D eigenvalue weighted by Crippen LogP contribution is 2.31. The molecule has 0 aliphatic carbocycles. The first-order valence-electron chi connectivity index (χ1n) is 30.0. The molecule has 0 aliphatic rings. The molecule has 0 aliphatic heterocycles. The number of hydrogen-bond acceptors (Lipinski definition) is 12. The third kappa shape index (κ3) is 22.3. The number of fused-ring (bicyclic) bond motifs is 6. The van der Waals surface area contributed by atoms with Crippen molar-refractivity contribution in [1.82, 2.24) is 29.9 Å². The number of carboxylic acids is 1. The van der Waals surface area contributed by atoms with Crippen molar-refractivity contribution in [2.45, 2.75) is 131 Å². The molecular formula is C66H90F8N10O7+2. The van der Waals surface area contributed by atoms with Crippen molar-refractivity contribution < 1.29 is 78.1 Å². The Morgan fingerprint density at radius 1 is 0.516 bits per heavy atom. The summed E-state index contributed by atoms with van der Waals surface area (Å²) in [5, 5.41) is 19.0. The van der Waals surface area contributed by atoms with Gasteiger partial charge < -0.3 is 54.8 Å². The van der Waals surface area contributed by atoms with Crippen LogP contribution in [-0.2, 0) is 44.7 Å². The Hall–Kier alpha value is -7.74. The van der Waals surface area contributed by atoms with E-state index in [-0.39, 0.29) is 53.0 Å². The van der Waals surface area contributed by atoms with Crippen molar-refractivity contribution in [3.63, 3.8) is 0 Å². The van der Waals surface area contributed by atoms with Crippen LogP contribution in [0.15, 0.2) is 48.5 Å². The smallest absolute Gasteiger partial charge is 0.313 e. The van der Waals surface area contributed by atoms with E-state index in [1.807, 2.05) is 0 Å². The molecule has 500 valence electrons. The predicted octanol–water partition coefficient (Wildman–Crippen LogP) is 13.9. The Bertz CT molecular complexity index is 3630. The van der Waals surface area contributed by atoms with E-state index in [0.29, 0.717) is 35.9 Å². The number of aliphatic carboxylic acids is 1. The number of phenolic OH excluding ortho intramolecular Hbond substituents is 1. The number of nitrogen functional groups attached to an aromatic ring is 2. The highest BCUT2D eigenvalue weighted by Gasteiger charge is 2.24. The Kier molecular flexibility index (Phi) is 29.7. The number of hydrogen-bond donors (Lipinski definition) is 6. The van der Waals surface area contributed by atoms with Crippen molar-refractivity contribution in [2.24, 2.45) is 0 Å². The van der Waals surface area contributed by atoms with E-state index in [0.717, 1.165) is 170 Å². The van der Waals surface area contributed by atoms with Crippen molar-refractivity contribution >= 4 is 67.4 Å². The van der Waals surface area contributed by atoms with Crippen LogP contribution in [0.25, 0.3) is 43.9 Å². The summed E-state index contributed by atoms with van der Waals surface area (Å²) in [4.78, 5) is 48.0. The number of H-pyrrole nitrogens is 2. The molecule has 0 fully saturated rings. The summed E-state index contributed by atoms with van der Waals surface area (Å²) in [5.74, 6) is -15.6. The number of carbonyl (C=O) groups is 2. The molecule has 8 rings (SSSR count). The lowest BCUT2D eigenvalue weighted by Crippen LogP contribution is -2.43. The second-order valence-electron chi connectivity index (χ2n) is 23.3. The van der Waals surface area contributed by atoms with E-state index in [1.54, 1.807) is 0 Å². The van der Waals surface area contributed by atoms with Gasteiger partial charge in [-0.25, -0.2) is 37.5 Å². The quantitative estimate of drug-likeness (QED) is 0.00593. The number of aromatic nitrogens is 6. The molecule has 0 bridgehead atoms. The zero-order valence-corrected chi connectivity index (χ0v) is 51.4. The summed E-state index contributed by atoms with van der Waals surface area (Å²) < 4.78 is 119. The van der Waals surface area contributed by atoms with Gasteiger partial charge >= 0.3 is 11.9 Å². The lowest BCUT2D eigenvalue weighted by molar-refractivity contribution is -0.891. The van der Waals surface area contributed by atoms with Gasteiger partial charge in [0.2, 0.25) is 29.0 Å². The van der Waals surface area contributed by atoms with Crippen molar-refractivity contribution in [1.29, 1.82) is 0 Å². The number of imidazole rings is 2. The number of aromatic amines is 2. The fourth-order valence-corrected chi connectivity index (χ4v) is 9.78. The van der Waals surface area contributed by atoms with Crippen molar-refractivity contribution in [3.05, 3.63) is 118 Å². The number of quaternary nitrogens is 2. The van der Waals surface area contributed by atoms with Gasteiger partial charge in [0.15, 0.2) is 29.0 Å². The van der Waals surface area contributed by atoms with Crippen LogP contribution in [0.5, 0.6) is 11.5 Å². The maximum Gasteiger partial charge on any atom is 0.313 e. The standard InChI is InChI=1S/C32H40F4N5O3.C26H39N5O3.C6H2F4O.2CH4/c1-4-5-10-25-39-29-21-12-11-20(18-24(21)38-32(37)30(29)40-25)9-7-6-8-14-41(2,3)15-17-43-16-13-26(42)44-31-27(35)22(33)19-23(34)28(31)36;1-4-5-10-22-29-24-20-12-11-19(18-21(20)28-26(27)25(24)30-22)9-7-6-8-14-31(2,3)15-17-34-16-13-23(32)33;7-2-1-3(8)5(10)6(11)4(2)9;;/h11-12,18-19H,4-10,13-17H2,1-3H3,(H2,37,38)(H,39,40);11-12,18H,4-10,13-17H2,1-3H3,(H3-,27,28,29,30,32,33);1,11H;2*1H4/q+1;;;;/p+1. The third-order valence-electron chi connectivity index (χ3n) is 15.1. The lowest BCUT2D eigenvalue weighted by atomic mass is 10.0. The summed E-state index contributed by atoms with van der Waals surface area (Å²) in [6.07, 6.45) is 14.4. The zero-order valence-electron chi connectivity index (χ0n) is 51.4. The fourth-order valence-electron chi connectivity index (χ4n) is 9.78. The van der Waals surface area contributed by atoms with Crippen LogP contribution >= 0.6 is 0 Å². The second kappa shape index (κ2) is 35.8. The average molecular weight is 1290 g/mol. The number of carbonyl (C=O) groups excluding carboxylic acids is 1. The summed E-state index contributed by atoms with van der Waals surface area (Å²) >= 11 is 0. The van der Waals surface area contributed by atoms with Gasteiger partial charge in [-0.15, -0.1) is 0 Å². The van der Waals surface area contributed by atoms with E-state index in [1.165, 1.54) is 11.1 Å². The van der Waals surface area contributed by atoms with Gasteiger partial charge in [-0.05, 0) is 87.5 Å². The van der Waals surface area contributed by atoms with Gasteiger partial charge in [0.25, 0.3) is 0 Å². The molecule has 4 heterocycles. The molecule has 0 unspecified atom stereocenters. The Labute approximate surface area is 526 Å². The highest BCUT2D eigenvalue weighted by molar-refractivity contribution is 6.07. The normalized spacial score (nSPS) is 11.5. The van der Waals surface area contributed by atoms with E-state index in [9.17, 15) is 44.7 Å². The number of halogens is 8. The molecule has 8 aromatic rings. The molecule has 4 aromatic carbocycles. The lowest BCUT2D eigenvalue weighted by Gasteiger charge is -2.29. The minimum Gasteiger partial charge on any atom is -0.503 e. The first-order chi connectivity index (χ1) is 42.3. The molecule has 0 spiro atoms. The Morgan fingerprint density at radius 2 is 0.923 bits per heavy atom. The number of benzene rings is 4. The number of likely N-dealkylation sites (N-methyl/N-ethyl adjacent to an activating group) is 2. The molecule has 8 N–H and O–H groups in total. The van der Waals surface area contributed by atoms with Crippen LogP contribution in [0, 0.1) is 46.5 Å². The first kappa shape index (κ1) is 75.7. The summed E-state index contributed by atoms with van der Waals surface area (Å²) in [6.45, 7) is 9.10. The van der Waals surface area contributed by atoms with E-state index < -0.39 is 70.0 Å². The van der Waals surface area contributed by atoms with Gasteiger partial charge in [0.05, 0.1) is 91.6 Å². The highest BCUT2D eigenvalue weighted by atomic mass is 19.2. The van der Waals surface area contributed by atoms with Gasteiger partial charge in [0, 0.05) is 35.7 Å². The van der Waals surface area contributed by atoms with E-state index >= 15 is 0 Å². The number of rotatable bonds is 31. The molecule has 91 heavy (non-hydrogen) atoms. The number of unbranched alkanes of at least 4 members (excludes halogenated alkanes) is 6. The van der Waals surface area contributed by atoms with Crippen LogP contribution in [0.4, 0.5) is 46.8 Å². The minimum atomic E-state index is -1.79. The monoisotopic (exact) mass is 1290 g/mol. The zero-order chi connectivity index (χ0) is 65.0. The SMILES string of the molecule is C.C.CCCCc1nc2c([nH]1)c(N)nc1cc(CCCCC[N+](C)(C)CCOCCC(=O)O)ccc12.CCCCc1nc2c([nH]1)c(N)nc1cc(CCCCC[N+](C)(C)CCOCCC(=O)Oc3c(F)c(F)cc(F)c3F)ccc12.Oc1c(F)c(F)cc(F)c1F. The number of nitrogens with one attached hydrogen (secondary N) is 2. The number of aryl methyl sites for hydroxylation is 4. The maximum absolute atomic E-state index is 13.7. The van der Waals surface area contributed by atoms with Crippen LogP contribution in [0.3, 0.4) is 0 Å². The van der Waals surface area contributed by atoms with Gasteiger partial charge in [-0.2, -0.15) is 17.6 Å². The molecule has 0 radical (unpaired) electrons. The van der Waals surface area contributed by atoms with Gasteiger partial charge in [0.1, 0.15) is 58.4 Å². The van der Waals surface area contributed by atoms with Crippen molar-refractivity contribution in [3.8, 4) is 11.5 Å². The molecule has 25 heteroatoms. The van der Waals surface area contributed by atoms with Crippen molar-refractivity contribution in [2.75, 3.05) is 92.3 Å². The summed E-state index contributed by atoms with van der Waals surface area (Å²) in [5.41, 5.74) is 20.2. The Balaban J connectivity index is 0.000000333. The molecule has 0 saturated heterocycles. The maximum atomic E-state index is 13.7. The van der Waals surface area contributed by atoms with Crippen LogP contribution in [-0.4, -0.2) is 142 Å². The number of pyridine rings is 2. The number of carboxylic acid groups (broad SMARTS) is 1. The summed E-state index contributed by atoms with van der Waals surface area (Å²) in [7, 11) is 8.57. The topological polar surface area (TPSA) is 237 Å². The van der Waals surface area contributed by atoms with Crippen LogP contribution in [0.2, 0.25) is 0 Å². The summed E-state index contributed by atoms with van der Waals surface area (Å²) in [6, 6.07) is 12.9. The third-order valence-corrected chi connectivity index (χ3v) is 15.1. The van der Waals surface area contributed by atoms with Gasteiger partial charge in [-0.1, -0.05) is 65.8 Å². The van der Waals surface area contributed by atoms with E-state index in [4.69, 9.17) is 41.1 Å². The number of aromatic hydroxyl groups is 1. The molecule has 4 aromatic heterocycles. The largest absolute Gasteiger partial charge is 0.503 e. The van der Waals surface area contributed by atoms with E-state index in [2.05, 4.69) is 103 Å². The number of nitrogens with zero attached hydrogens (tertiary/aromatic N) is 6. The molecule has 0 amide bonds. The minimum absolute atomic E-state index is 0. The molecule has 0 atom stereocenters. The molecule has 17 nitrogen and oxygen atoms in total. The molecular weight excluding hydrogens is 1200 g/mol. The van der Waals surface area contributed by atoms with Crippen LogP contribution in [0.1, 0.15) is 129 Å². The average Bonchev–Trinajstić information content (AvgIpc) is 1.70. The van der Waals surface area contributed by atoms with Crippen LogP contribution < -0.4 is 16.2 Å². The number of ether oxygens (including phenoxy) is 3. The molecule has 0 saturated carbocycles. The fraction of sp³-hybridized carbons (Fsp3) is 0.485. The Morgan fingerprint density at radius 3 is 1.33 bits per heavy atom. The first-order valence-corrected chi connectivity index (χ1v) is 30.0. The number of phenols is 1. The predicted molar refractivity (Wildman–Crippen MR) is 339 cm³/mol. The second-order valence-corrected chi connectivity index (χ2v) is 23.3. The number of anilines is 2.